The SMILES string of the molecule is CCCOc1ccc(/C=C/C(=O)N(C)Cc2ccc(Cl)s2)cc1OC. The summed E-state index contributed by atoms with van der Waals surface area (Å²) in [5, 5.41) is 0. The van der Waals surface area contributed by atoms with Crippen molar-refractivity contribution in [2.45, 2.75) is 19.9 Å². The minimum absolute atomic E-state index is 0.0743. The van der Waals surface area contributed by atoms with Crippen LogP contribution in [0.25, 0.3) is 6.08 Å². The smallest absolute Gasteiger partial charge is 0.246 e. The van der Waals surface area contributed by atoms with Gasteiger partial charge in [-0.25, -0.2) is 0 Å². The molecule has 0 atom stereocenters. The van der Waals surface area contributed by atoms with Gasteiger partial charge in [-0.2, -0.15) is 0 Å². The van der Waals surface area contributed by atoms with E-state index in [4.69, 9.17) is 21.1 Å². The van der Waals surface area contributed by atoms with E-state index in [1.165, 1.54) is 11.3 Å². The van der Waals surface area contributed by atoms with E-state index in [0.29, 0.717) is 24.7 Å². The summed E-state index contributed by atoms with van der Waals surface area (Å²) in [6, 6.07) is 9.38. The van der Waals surface area contributed by atoms with Crippen LogP contribution in [0.1, 0.15) is 23.8 Å². The minimum atomic E-state index is -0.0743. The number of benzene rings is 1. The van der Waals surface area contributed by atoms with E-state index in [2.05, 4.69) is 6.92 Å². The highest BCUT2D eigenvalue weighted by Crippen LogP contribution is 2.28. The Morgan fingerprint density at radius 2 is 2.08 bits per heavy atom. The Balaban J connectivity index is 2.00. The fraction of sp³-hybridized carbons (Fsp3) is 0.316. The summed E-state index contributed by atoms with van der Waals surface area (Å²) in [6.07, 6.45) is 4.25. The van der Waals surface area contributed by atoms with Crippen LogP contribution in [0.3, 0.4) is 0 Å². The number of methoxy groups -OCH3 is 1. The Bertz CT molecular complexity index is 742. The van der Waals surface area contributed by atoms with E-state index in [0.717, 1.165) is 21.2 Å². The molecule has 134 valence electrons. The number of thiophene rings is 1. The zero-order chi connectivity index (χ0) is 18.2. The molecule has 25 heavy (non-hydrogen) atoms. The van der Waals surface area contributed by atoms with E-state index in [1.54, 1.807) is 31.2 Å². The highest BCUT2D eigenvalue weighted by molar-refractivity contribution is 7.16. The van der Waals surface area contributed by atoms with Crippen LogP contribution in [0.2, 0.25) is 4.34 Å². The first-order chi connectivity index (χ1) is 12.0. The number of hydrogen-bond donors (Lipinski definition) is 0. The zero-order valence-corrected chi connectivity index (χ0v) is 16.2. The van der Waals surface area contributed by atoms with Crippen molar-refractivity contribution >= 4 is 34.9 Å². The van der Waals surface area contributed by atoms with Gasteiger partial charge in [-0.05, 0) is 42.3 Å². The number of amides is 1. The van der Waals surface area contributed by atoms with Gasteiger partial charge in [-0.3, -0.25) is 4.79 Å². The van der Waals surface area contributed by atoms with Crippen molar-refractivity contribution in [1.82, 2.24) is 4.90 Å². The molecule has 6 heteroatoms. The van der Waals surface area contributed by atoms with E-state index in [1.807, 2.05) is 30.3 Å². The van der Waals surface area contributed by atoms with Crippen LogP contribution in [-0.4, -0.2) is 31.6 Å². The lowest BCUT2D eigenvalue weighted by atomic mass is 10.2. The van der Waals surface area contributed by atoms with Gasteiger partial charge in [0, 0.05) is 18.0 Å². The number of ether oxygens (including phenoxy) is 2. The second-order valence-corrected chi connectivity index (χ2v) is 7.29. The van der Waals surface area contributed by atoms with Crippen molar-refractivity contribution in [1.29, 1.82) is 0 Å². The van der Waals surface area contributed by atoms with Gasteiger partial charge < -0.3 is 14.4 Å². The topological polar surface area (TPSA) is 38.8 Å². The van der Waals surface area contributed by atoms with Crippen molar-refractivity contribution < 1.29 is 14.3 Å². The number of carbonyl (C=O) groups is 1. The third-order valence-corrected chi connectivity index (χ3v) is 4.68. The molecule has 0 N–H and O–H groups in total. The van der Waals surface area contributed by atoms with Gasteiger partial charge in [0.05, 0.1) is 24.6 Å². The van der Waals surface area contributed by atoms with Gasteiger partial charge in [0.15, 0.2) is 11.5 Å². The summed E-state index contributed by atoms with van der Waals surface area (Å²) in [7, 11) is 3.37. The van der Waals surface area contributed by atoms with Gasteiger partial charge >= 0.3 is 0 Å². The molecular weight excluding hydrogens is 358 g/mol. The first kappa shape index (κ1) is 19.3. The van der Waals surface area contributed by atoms with E-state index in [-0.39, 0.29) is 5.91 Å². The number of carbonyl (C=O) groups excluding carboxylic acids is 1. The van der Waals surface area contributed by atoms with Gasteiger partial charge in [0.1, 0.15) is 0 Å². The molecule has 2 rings (SSSR count). The van der Waals surface area contributed by atoms with Crippen molar-refractivity contribution in [2.75, 3.05) is 20.8 Å². The highest BCUT2D eigenvalue weighted by Gasteiger charge is 2.08. The quantitative estimate of drug-likeness (QED) is 0.614. The molecule has 0 aliphatic carbocycles. The second-order valence-electron chi connectivity index (χ2n) is 5.49. The molecular formula is C19H22ClNO3S. The molecule has 0 unspecified atom stereocenters. The summed E-state index contributed by atoms with van der Waals surface area (Å²) in [6.45, 7) is 3.23. The number of likely N-dealkylation sites (N-methyl/N-ethyl adjacent to an activating group) is 1. The maximum absolute atomic E-state index is 12.2. The zero-order valence-electron chi connectivity index (χ0n) is 14.6. The molecule has 1 amide bonds. The third-order valence-electron chi connectivity index (χ3n) is 3.47. The number of halogens is 1. The molecule has 0 saturated carbocycles. The monoisotopic (exact) mass is 379 g/mol. The largest absolute Gasteiger partial charge is 0.493 e. The third kappa shape index (κ3) is 5.80. The summed E-state index contributed by atoms with van der Waals surface area (Å²) < 4.78 is 11.7. The number of hydrogen-bond acceptors (Lipinski definition) is 4. The summed E-state index contributed by atoms with van der Waals surface area (Å²) >= 11 is 7.39. The van der Waals surface area contributed by atoms with Crippen LogP contribution < -0.4 is 9.47 Å². The molecule has 2 aromatic rings. The minimum Gasteiger partial charge on any atom is -0.493 e. The lowest BCUT2D eigenvalue weighted by molar-refractivity contribution is -0.125. The predicted molar refractivity (Wildman–Crippen MR) is 104 cm³/mol. The lowest BCUT2D eigenvalue weighted by Gasteiger charge is -2.13. The maximum Gasteiger partial charge on any atom is 0.246 e. The number of rotatable bonds is 8. The van der Waals surface area contributed by atoms with Gasteiger partial charge in [0.25, 0.3) is 0 Å². The summed E-state index contributed by atoms with van der Waals surface area (Å²) in [4.78, 5) is 14.9. The van der Waals surface area contributed by atoms with Crippen LogP contribution in [0, 0.1) is 0 Å². The Kier molecular flexibility index (Phi) is 7.34. The molecule has 0 radical (unpaired) electrons. The van der Waals surface area contributed by atoms with Crippen LogP contribution in [-0.2, 0) is 11.3 Å². The van der Waals surface area contributed by atoms with Crippen molar-refractivity contribution in [2.24, 2.45) is 0 Å². The van der Waals surface area contributed by atoms with E-state index < -0.39 is 0 Å². The van der Waals surface area contributed by atoms with Crippen LogP contribution in [0.15, 0.2) is 36.4 Å². The molecule has 1 aromatic carbocycles. The summed E-state index contributed by atoms with van der Waals surface area (Å²) in [5.74, 6) is 1.29. The predicted octanol–water partition coefficient (Wildman–Crippen LogP) is 4.87. The maximum atomic E-state index is 12.2. The van der Waals surface area contributed by atoms with Gasteiger partial charge in [-0.1, -0.05) is 24.6 Å². The standard InChI is InChI=1S/C19H22ClNO3S/c1-4-11-24-16-8-5-14(12-17(16)23-3)6-10-19(22)21(2)13-15-7-9-18(20)25-15/h5-10,12H,4,11,13H2,1-3H3/b10-6+. The normalized spacial score (nSPS) is 10.9. The van der Waals surface area contributed by atoms with E-state index >= 15 is 0 Å². The van der Waals surface area contributed by atoms with Gasteiger partial charge in [-0.15, -0.1) is 11.3 Å². The van der Waals surface area contributed by atoms with Crippen LogP contribution in [0.4, 0.5) is 0 Å². The Morgan fingerprint density at radius 3 is 2.72 bits per heavy atom. The Labute approximate surface area is 157 Å². The average molecular weight is 380 g/mol. The Morgan fingerprint density at radius 1 is 1.28 bits per heavy atom. The van der Waals surface area contributed by atoms with E-state index in [9.17, 15) is 4.79 Å². The van der Waals surface area contributed by atoms with Crippen LogP contribution >= 0.6 is 22.9 Å². The van der Waals surface area contributed by atoms with Crippen molar-refractivity contribution in [3.8, 4) is 11.5 Å². The molecule has 0 aliphatic heterocycles. The molecule has 1 aromatic heterocycles. The fourth-order valence-electron chi connectivity index (χ4n) is 2.16. The number of nitrogens with zero attached hydrogens (tertiary/aromatic N) is 1. The molecule has 0 fully saturated rings. The molecule has 0 saturated heterocycles. The van der Waals surface area contributed by atoms with Crippen molar-refractivity contribution in [3.63, 3.8) is 0 Å². The fourth-order valence-corrected chi connectivity index (χ4v) is 3.30. The average Bonchev–Trinajstić information content (AvgIpc) is 3.02. The Hall–Kier alpha value is -1.98. The molecule has 0 aliphatic rings. The van der Waals surface area contributed by atoms with Crippen molar-refractivity contribution in [3.05, 3.63) is 51.2 Å². The summed E-state index contributed by atoms with van der Waals surface area (Å²) in [5.41, 5.74) is 0.876. The molecule has 0 bridgehead atoms. The lowest BCUT2D eigenvalue weighted by Crippen LogP contribution is -2.23. The second kappa shape index (κ2) is 9.49. The van der Waals surface area contributed by atoms with Crippen LogP contribution in [0.5, 0.6) is 11.5 Å². The first-order valence-electron chi connectivity index (χ1n) is 8.01. The highest BCUT2D eigenvalue weighted by atomic mass is 35.5. The van der Waals surface area contributed by atoms with Gasteiger partial charge in [0.2, 0.25) is 5.91 Å². The molecule has 1 heterocycles. The first-order valence-corrected chi connectivity index (χ1v) is 9.21. The molecule has 4 nitrogen and oxygen atoms in total. The molecule has 0 spiro atoms.